The molecular formula is C40H48BrCl2O8P17. The van der Waals surface area contributed by atoms with Gasteiger partial charge in [0, 0.05) is 36.1 Å². The minimum absolute atomic E-state index is 0.147. The van der Waals surface area contributed by atoms with Gasteiger partial charge in [-0.25, -0.2) is 9.59 Å². The summed E-state index contributed by atoms with van der Waals surface area (Å²) in [7, 11) is 32.7. The maximum Gasteiger partial charge on any atom is 0.341 e. The third-order valence-corrected chi connectivity index (χ3v) is 91.9. The minimum atomic E-state index is -0.519. The van der Waals surface area contributed by atoms with Crippen LogP contribution < -0.4 is 4.74 Å². The maximum atomic E-state index is 12.0. The third-order valence-electron chi connectivity index (χ3n) is 8.68. The van der Waals surface area contributed by atoms with E-state index in [1.807, 2.05) is 72.8 Å². The second kappa shape index (κ2) is 31.8. The second-order valence-corrected chi connectivity index (χ2v) is 73.6. The standard InChI is InChI=1S/C20H13ClO4.C12H8O2.C8H6BrClO2.H11P9.H10P8/c1-23-20(22)15-11-12(21)9-10-17(15)24-18-8-4-6-14-13-5-2-3-7-16(13)25-19(14)18;13-10-6-3-5-9-8-4-1-2-7-11(8)14-12(9)10;1-12-8(11)6-4-5(10)2-3-7(6)9;1-6-9(7(2)3)8(4)5;1-6(2)8(5)7(3)4/h2-11H,1H3;1-7,13H;2-4H,1H3;6H,1-5H2;1-5H2. The van der Waals surface area contributed by atoms with Gasteiger partial charge in [0.25, 0.3) is 0 Å². The number of para-hydroxylation sites is 4. The van der Waals surface area contributed by atoms with Crippen LogP contribution in [0.15, 0.2) is 135 Å². The number of benzene rings is 6. The van der Waals surface area contributed by atoms with Crippen LogP contribution >= 0.6 is 178 Å². The molecule has 0 fully saturated rings. The third kappa shape index (κ3) is 18.5. The molecule has 6 aromatic carbocycles. The van der Waals surface area contributed by atoms with E-state index in [9.17, 15) is 14.7 Å². The average molecular weight is 1330 g/mol. The van der Waals surface area contributed by atoms with Crippen LogP contribution in [0.25, 0.3) is 43.9 Å². The van der Waals surface area contributed by atoms with Crippen molar-refractivity contribution in [3.63, 3.8) is 0 Å². The van der Waals surface area contributed by atoms with Gasteiger partial charge in [-0.1, -0.05) is 91.8 Å². The Bertz CT molecular complexity index is 2910. The summed E-state index contributed by atoms with van der Waals surface area (Å²) in [5, 5.41) is 14.5. The maximum absolute atomic E-state index is 12.0. The van der Waals surface area contributed by atoms with Crippen molar-refractivity contribution in [3.8, 4) is 17.2 Å². The number of halogens is 3. The summed E-state index contributed by atoms with van der Waals surface area (Å²) in [6, 6.07) is 36.3. The summed E-state index contributed by atoms with van der Waals surface area (Å²) >= 11 is 14.9. The van der Waals surface area contributed by atoms with Gasteiger partial charge in [-0.15, -0.1) is 89.3 Å². The Labute approximate surface area is 446 Å². The number of carbonyl (C=O) groups is 2. The van der Waals surface area contributed by atoms with Crippen LogP contribution in [-0.4, -0.2) is 31.3 Å². The smallest absolute Gasteiger partial charge is 0.341 e. The van der Waals surface area contributed by atoms with Crippen molar-refractivity contribution < 1.29 is 37.7 Å². The molecule has 0 saturated carbocycles. The molecule has 0 radical (unpaired) electrons. The average Bonchev–Trinajstić information content (AvgIpc) is 3.90. The van der Waals surface area contributed by atoms with Crippen molar-refractivity contribution in [1.82, 2.24) is 0 Å². The zero-order chi connectivity index (χ0) is 50.2. The normalized spacial score (nSPS) is 11.2. The number of carbonyl (C=O) groups excluding carboxylic acids is 2. The Morgan fingerprint density at radius 1 is 0.574 bits per heavy atom. The van der Waals surface area contributed by atoms with Crippen molar-refractivity contribution in [2.24, 2.45) is 0 Å². The molecule has 8 rings (SSSR count). The largest absolute Gasteiger partial charge is 0.504 e. The molecule has 0 amide bonds. The van der Waals surface area contributed by atoms with Gasteiger partial charge in [0.15, 0.2) is 22.7 Å². The van der Waals surface area contributed by atoms with Crippen LogP contribution in [0, 0.1) is 0 Å². The van der Waals surface area contributed by atoms with Gasteiger partial charge in [-0.2, -0.15) is 0 Å². The Kier molecular flexibility index (Phi) is 29.1. The molecule has 2 aromatic heterocycles. The predicted octanol–water partition coefficient (Wildman–Crippen LogP) is 21.0. The lowest BCUT2D eigenvalue weighted by Crippen LogP contribution is -2.03. The quantitative estimate of drug-likeness (QED) is 0.112. The molecule has 11 unspecified atom stereocenters. The van der Waals surface area contributed by atoms with E-state index in [0.717, 1.165) is 40.7 Å². The molecule has 0 saturated heterocycles. The van der Waals surface area contributed by atoms with E-state index >= 15 is 0 Å². The molecule has 8 nitrogen and oxygen atoms in total. The molecule has 2 heterocycles. The number of ether oxygens (including phenoxy) is 3. The van der Waals surface area contributed by atoms with Crippen LogP contribution in [-0.2, 0) is 9.47 Å². The highest BCUT2D eigenvalue weighted by atomic mass is 79.9. The molecule has 8 aromatic rings. The molecule has 362 valence electrons. The summed E-state index contributed by atoms with van der Waals surface area (Å²) in [4.78, 5) is 23.1. The van der Waals surface area contributed by atoms with Crippen LogP contribution in [0.2, 0.25) is 10.0 Å². The van der Waals surface area contributed by atoms with Gasteiger partial charge in [0.2, 0.25) is 0 Å². The molecular weight excluding hydrogens is 1290 g/mol. The number of aromatic hydroxyl groups is 1. The van der Waals surface area contributed by atoms with Gasteiger partial charge in [0.05, 0.1) is 19.8 Å². The van der Waals surface area contributed by atoms with E-state index in [1.165, 1.54) is 20.3 Å². The first kappa shape index (κ1) is 62.4. The number of phenols is 1. The molecule has 0 aliphatic rings. The summed E-state index contributed by atoms with van der Waals surface area (Å²) in [5.74, 6) is 0.141. The number of hydrogen-bond donors (Lipinski definition) is 1. The zero-order valence-corrected chi connectivity index (χ0v) is 57.0. The molecule has 11 atom stereocenters. The van der Waals surface area contributed by atoms with Crippen LogP contribution in [0.5, 0.6) is 17.2 Å². The van der Waals surface area contributed by atoms with Gasteiger partial charge >= 0.3 is 11.9 Å². The van der Waals surface area contributed by atoms with Gasteiger partial charge in [-0.3, -0.25) is 0 Å². The Morgan fingerprint density at radius 3 is 1.51 bits per heavy atom. The van der Waals surface area contributed by atoms with E-state index in [1.54, 1.807) is 42.5 Å². The van der Waals surface area contributed by atoms with Crippen LogP contribution in [0.3, 0.4) is 0 Å². The highest BCUT2D eigenvalue weighted by Gasteiger charge is 2.18. The van der Waals surface area contributed by atoms with Crippen molar-refractivity contribution in [3.05, 3.63) is 147 Å². The lowest BCUT2D eigenvalue weighted by molar-refractivity contribution is 0.0589. The predicted molar refractivity (Wildman–Crippen MR) is 349 cm³/mol. The molecule has 28 heteroatoms. The van der Waals surface area contributed by atoms with E-state index in [4.69, 9.17) is 41.5 Å². The lowest BCUT2D eigenvalue weighted by Gasteiger charge is -2.22. The van der Waals surface area contributed by atoms with Crippen molar-refractivity contribution >= 4 is 234 Å². The highest BCUT2D eigenvalue weighted by Crippen LogP contribution is 3.04. The number of methoxy groups -OCH3 is 2. The lowest BCUT2D eigenvalue weighted by atomic mass is 10.1. The number of hydrogen-bond acceptors (Lipinski definition) is 8. The summed E-state index contributed by atoms with van der Waals surface area (Å²) in [6.45, 7) is 1.14. The number of furan rings is 2. The fourth-order valence-electron chi connectivity index (χ4n) is 5.65. The van der Waals surface area contributed by atoms with E-state index in [2.05, 4.69) is 110 Å². The zero-order valence-electron chi connectivity index (χ0n) is 35.9. The van der Waals surface area contributed by atoms with Crippen LogP contribution in [0.1, 0.15) is 20.7 Å². The molecule has 1 N–H and O–H groups in total. The first-order valence-electron chi connectivity index (χ1n) is 18.9. The minimum Gasteiger partial charge on any atom is -0.504 e. The number of esters is 2. The molecule has 0 bridgehead atoms. The van der Waals surface area contributed by atoms with E-state index in [-0.39, 0.29) is 46.3 Å². The van der Waals surface area contributed by atoms with Crippen LogP contribution in [0.4, 0.5) is 0 Å². The fraction of sp³-hybridized carbons (Fsp3) is 0.0500. The summed E-state index contributed by atoms with van der Waals surface area (Å²) in [5.41, 5.74) is 3.46. The number of rotatable bonds is 9. The first-order valence-corrected chi connectivity index (χ1v) is 49.5. The second-order valence-electron chi connectivity index (χ2n) is 13.1. The van der Waals surface area contributed by atoms with Gasteiger partial charge in [0.1, 0.15) is 22.5 Å². The number of phenolic OH excluding ortho intramolecular Hbond substituents is 1. The summed E-state index contributed by atoms with van der Waals surface area (Å²) < 4.78 is 27.5. The molecule has 0 spiro atoms. The SMILES string of the molecule is COC(=O)c1cc(Cl)ccc1Br.COC(=O)c1cc(Cl)ccc1Oc1cccc2c1oc1ccccc12.Oc1cccc2c1oc1ccccc12.PP(P)P(P)P(P)P.PPP(P(P)P)P(P)P. The molecule has 0 aliphatic carbocycles. The highest BCUT2D eigenvalue weighted by molar-refractivity contribution is 9.11. The monoisotopic (exact) mass is 1330 g/mol. The number of fused-ring (bicyclic) bond motifs is 6. The Balaban J connectivity index is 0.000000201. The Hall–Kier alpha value is 1.83. The molecule has 68 heavy (non-hydrogen) atoms. The Morgan fingerprint density at radius 2 is 1.03 bits per heavy atom. The first-order chi connectivity index (χ1) is 32.3. The van der Waals surface area contributed by atoms with Gasteiger partial charge < -0.3 is 28.2 Å². The molecule has 0 aliphatic heterocycles. The fourth-order valence-corrected chi connectivity index (χ4v) is 96.4. The summed E-state index contributed by atoms with van der Waals surface area (Å²) in [6.07, 6.45) is 0. The van der Waals surface area contributed by atoms with Crippen molar-refractivity contribution in [2.75, 3.05) is 14.2 Å². The van der Waals surface area contributed by atoms with Crippen molar-refractivity contribution in [1.29, 1.82) is 0 Å². The topological polar surface area (TPSA) is 108 Å². The van der Waals surface area contributed by atoms with E-state index in [0.29, 0.717) is 49.7 Å². The van der Waals surface area contributed by atoms with Crippen molar-refractivity contribution in [2.45, 2.75) is 0 Å². The van der Waals surface area contributed by atoms with Gasteiger partial charge in [-0.05, 0) is 119 Å². The van der Waals surface area contributed by atoms with E-state index < -0.39 is 11.9 Å².